The van der Waals surface area contributed by atoms with E-state index in [0.29, 0.717) is 10.2 Å². The summed E-state index contributed by atoms with van der Waals surface area (Å²) < 4.78 is 39.2. The minimum absolute atomic E-state index is 0.0354. The van der Waals surface area contributed by atoms with Crippen molar-refractivity contribution in [3.05, 3.63) is 62.0 Å². The smallest absolute Gasteiger partial charge is 0.306 e. The molecule has 1 N–H and O–H groups in total. The van der Waals surface area contributed by atoms with Crippen molar-refractivity contribution < 1.29 is 13.2 Å². The average Bonchev–Trinajstić information content (AvgIpc) is 2.98. The quantitative estimate of drug-likeness (QED) is 0.680. The monoisotopic (exact) mass is 376 g/mol. The maximum Gasteiger partial charge on any atom is 0.416 e. The number of aryl methyl sites for hydroxylation is 2. The van der Waals surface area contributed by atoms with Gasteiger partial charge in [-0.2, -0.15) is 13.2 Å². The molecule has 3 nitrogen and oxygen atoms in total. The zero-order valence-corrected chi connectivity index (χ0v) is 14.5. The van der Waals surface area contributed by atoms with Crippen LogP contribution in [0.5, 0.6) is 0 Å². The molecule has 4 rings (SSSR count). The molecular formula is C19H15F3N2OS. The zero-order valence-electron chi connectivity index (χ0n) is 13.7. The Morgan fingerprint density at radius 2 is 1.88 bits per heavy atom. The van der Waals surface area contributed by atoms with Gasteiger partial charge in [0, 0.05) is 4.88 Å². The molecule has 2 heterocycles. The summed E-state index contributed by atoms with van der Waals surface area (Å²) in [5.74, 6) is 0.262. The van der Waals surface area contributed by atoms with Crippen LogP contribution in [-0.2, 0) is 19.0 Å². The van der Waals surface area contributed by atoms with Crippen molar-refractivity contribution in [2.75, 3.05) is 0 Å². The highest BCUT2D eigenvalue weighted by Crippen LogP contribution is 2.34. The van der Waals surface area contributed by atoms with Gasteiger partial charge in [-0.15, -0.1) is 11.3 Å². The first-order valence-electron chi connectivity index (χ1n) is 8.32. The Balaban J connectivity index is 1.75. The number of hydrogen-bond acceptors (Lipinski definition) is 3. The summed E-state index contributed by atoms with van der Waals surface area (Å²) in [6, 6.07) is 5.32. The van der Waals surface area contributed by atoms with Crippen molar-refractivity contribution in [3.63, 3.8) is 0 Å². The SMILES string of the molecule is O=c1[nH]c(/C=C/c2ccccc2C(F)(F)F)nc2sc3c(c12)CCCC3. The van der Waals surface area contributed by atoms with Crippen LogP contribution < -0.4 is 5.56 Å². The fourth-order valence-electron chi connectivity index (χ4n) is 3.33. The fraction of sp³-hybridized carbons (Fsp3) is 0.263. The molecule has 26 heavy (non-hydrogen) atoms. The lowest BCUT2D eigenvalue weighted by atomic mass is 9.97. The third-order valence-electron chi connectivity index (χ3n) is 4.53. The average molecular weight is 376 g/mol. The first-order chi connectivity index (χ1) is 12.4. The van der Waals surface area contributed by atoms with E-state index in [9.17, 15) is 18.0 Å². The van der Waals surface area contributed by atoms with Gasteiger partial charge in [0.1, 0.15) is 10.7 Å². The Bertz CT molecular complexity index is 1060. The summed E-state index contributed by atoms with van der Waals surface area (Å²) in [6.45, 7) is 0. The van der Waals surface area contributed by atoms with Gasteiger partial charge in [0.15, 0.2) is 0 Å². The van der Waals surface area contributed by atoms with E-state index in [4.69, 9.17) is 0 Å². The Morgan fingerprint density at radius 3 is 2.69 bits per heavy atom. The first-order valence-corrected chi connectivity index (χ1v) is 9.14. The number of fused-ring (bicyclic) bond motifs is 3. The third kappa shape index (κ3) is 3.07. The molecule has 0 fully saturated rings. The Morgan fingerprint density at radius 1 is 1.12 bits per heavy atom. The van der Waals surface area contributed by atoms with E-state index in [1.807, 2.05) is 0 Å². The molecule has 0 amide bonds. The number of halogens is 3. The highest BCUT2D eigenvalue weighted by Gasteiger charge is 2.32. The van der Waals surface area contributed by atoms with Crippen LogP contribution in [0.25, 0.3) is 22.4 Å². The number of H-pyrrole nitrogens is 1. The lowest BCUT2D eigenvalue weighted by Crippen LogP contribution is -2.11. The van der Waals surface area contributed by atoms with Crippen LogP contribution in [0.4, 0.5) is 13.2 Å². The van der Waals surface area contributed by atoms with Gasteiger partial charge in [0.2, 0.25) is 0 Å². The van der Waals surface area contributed by atoms with E-state index in [0.717, 1.165) is 37.3 Å². The summed E-state index contributed by atoms with van der Waals surface area (Å²) >= 11 is 1.51. The minimum atomic E-state index is -4.43. The van der Waals surface area contributed by atoms with Crippen LogP contribution in [0, 0.1) is 0 Å². The molecule has 0 unspecified atom stereocenters. The number of alkyl halides is 3. The van der Waals surface area contributed by atoms with E-state index < -0.39 is 11.7 Å². The van der Waals surface area contributed by atoms with Crippen LogP contribution >= 0.6 is 11.3 Å². The molecule has 0 aliphatic heterocycles. The normalized spacial score (nSPS) is 14.9. The molecule has 2 aromatic heterocycles. The topological polar surface area (TPSA) is 45.8 Å². The van der Waals surface area contributed by atoms with Gasteiger partial charge in [-0.25, -0.2) is 4.98 Å². The Hall–Kier alpha value is -2.41. The molecule has 0 saturated heterocycles. The predicted octanol–water partition coefficient (Wildman–Crippen LogP) is 5.05. The lowest BCUT2D eigenvalue weighted by molar-refractivity contribution is -0.137. The van der Waals surface area contributed by atoms with Crippen molar-refractivity contribution >= 4 is 33.7 Å². The molecule has 0 radical (unpaired) electrons. The summed E-state index contributed by atoms with van der Waals surface area (Å²) in [5, 5.41) is 0.637. The highest BCUT2D eigenvalue weighted by atomic mass is 32.1. The third-order valence-corrected chi connectivity index (χ3v) is 5.72. The van der Waals surface area contributed by atoms with Gasteiger partial charge in [0.25, 0.3) is 5.56 Å². The largest absolute Gasteiger partial charge is 0.416 e. The van der Waals surface area contributed by atoms with Crippen LogP contribution in [0.3, 0.4) is 0 Å². The van der Waals surface area contributed by atoms with Gasteiger partial charge >= 0.3 is 6.18 Å². The van der Waals surface area contributed by atoms with E-state index in [1.165, 1.54) is 40.5 Å². The summed E-state index contributed by atoms with van der Waals surface area (Å²) in [5.41, 5.74) is 0.181. The van der Waals surface area contributed by atoms with Gasteiger partial charge in [0.05, 0.1) is 10.9 Å². The van der Waals surface area contributed by atoms with Gasteiger partial charge in [-0.3, -0.25) is 4.79 Å². The second kappa shape index (κ2) is 6.39. The van der Waals surface area contributed by atoms with E-state index in [2.05, 4.69) is 9.97 Å². The van der Waals surface area contributed by atoms with Crippen molar-refractivity contribution in [3.8, 4) is 0 Å². The van der Waals surface area contributed by atoms with Crippen molar-refractivity contribution in [2.24, 2.45) is 0 Å². The standard InChI is InChI=1S/C19H15F3N2OS/c20-19(21,22)13-7-3-1-5-11(13)9-10-15-23-17(25)16-12-6-2-4-8-14(12)26-18(16)24-15/h1,3,5,7,9-10H,2,4,6,8H2,(H,23,24,25)/b10-9+. The molecule has 0 bridgehead atoms. The van der Waals surface area contributed by atoms with Gasteiger partial charge < -0.3 is 4.98 Å². The van der Waals surface area contributed by atoms with Gasteiger partial charge in [-0.05, 0) is 49.0 Å². The minimum Gasteiger partial charge on any atom is -0.306 e. The number of thiophene rings is 1. The second-order valence-electron chi connectivity index (χ2n) is 6.26. The molecule has 134 valence electrons. The summed E-state index contributed by atoms with van der Waals surface area (Å²) in [6.07, 6.45) is 2.34. The van der Waals surface area contributed by atoms with E-state index >= 15 is 0 Å². The van der Waals surface area contributed by atoms with Crippen LogP contribution in [0.1, 0.15) is 40.2 Å². The maximum atomic E-state index is 13.1. The highest BCUT2D eigenvalue weighted by molar-refractivity contribution is 7.18. The summed E-state index contributed by atoms with van der Waals surface area (Å²) in [7, 11) is 0. The lowest BCUT2D eigenvalue weighted by Gasteiger charge is -2.09. The van der Waals surface area contributed by atoms with E-state index in [1.54, 1.807) is 6.07 Å². The number of aromatic amines is 1. The van der Waals surface area contributed by atoms with Crippen LogP contribution in [0.2, 0.25) is 0 Å². The zero-order chi connectivity index (χ0) is 18.3. The van der Waals surface area contributed by atoms with Crippen molar-refractivity contribution in [1.29, 1.82) is 0 Å². The molecule has 0 atom stereocenters. The molecule has 0 spiro atoms. The number of rotatable bonds is 2. The Labute approximate surface area is 151 Å². The van der Waals surface area contributed by atoms with Crippen molar-refractivity contribution in [2.45, 2.75) is 31.9 Å². The number of aromatic nitrogens is 2. The van der Waals surface area contributed by atoms with Gasteiger partial charge in [-0.1, -0.05) is 24.3 Å². The first kappa shape index (κ1) is 17.0. The summed E-state index contributed by atoms with van der Waals surface area (Å²) in [4.78, 5) is 21.5. The van der Waals surface area contributed by atoms with Crippen LogP contribution in [-0.4, -0.2) is 9.97 Å². The molecule has 0 saturated carbocycles. The number of benzene rings is 1. The molecule has 1 aromatic carbocycles. The molecule has 3 aromatic rings. The molecule has 1 aliphatic rings. The fourth-order valence-corrected chi connectivity index (χ4v) is 4.60. The number of nitrogens with one attached hydrogen (secondary N) is 1. The second-order valence-corrected chi connectivity index (χ2v) is 7.34. The number of nitrogens with zero attached hydrogens (tertiary/aromatic N) is 1. The number of hydrogen-bond donors (Lipinski definition) is 1. The molecule has 7 heteroatoms. The molecular weight excluding hydrogens is 361 g/mol. The van der Waals surface area contributed by atoms with Crippen molar-refractivity contribution in [1.82, 2.24) is 9.97 Å². The van der Waals surface area contributed by atoms with E-state index in [-0.39, 0.29) is 16.9 Å². The predicted molar refractivity (Wildman–Crippen MR) is 97.3 cm³/mol. The maximum absolute atomic E-state index is 13.1. The van der Waals surface area contributed by atoms with Crippen LogP contribution in [0.15, 0.2) is 29.1 Å². The Kier molecular flexibility index (Phi) is 4.19. The molecule has 1 aliphatic carbocycles.